The van der Waals surface area contributed by atoms with Crippen molar-refractivity contribution in [1.29, 1.82) is 0 Å². The summed E-state index contributed by atoms with van der Waals surface area (Å²) in [5.41, 5.74) is -1.03. The minimum atomic E-state index is -1.03. The molecule has 6 heteroatoms. The minimum absolute atomic E-state index is 0.217. The van der Waals surface area contributed by atoms with Crippen molar-refractivity contribution in [3.8, 4) is 0 Å². The van der Waals surface area contributed by atoms with Gasteiger partial charge in [0.25, 0.3) is 0 Å². The number of piperazine rings is 1. The second kappa shape index (κ2) is 6.43. The molecule has 114 valence electrons. The van der Waals surface area contributed by atoms with E-state index in [2.05, 4.69) is 17.1 Å². The van der Waals surface area contributed by atoms with Crippen LogP contribution in [0.15, 0.2) is 0 Å². The molecule has 1 heterocycles. The van der Waals surface area contributed by atoms with Crippen molar-refractivity contribution in [3.05, 3.63) is 0 Å². The lowest BCUT2D eigenvalue weighted by molar-refractivity contribution is -0.144. The number of amides is 2. The Bertz CT molecular complexity index is 359. The van der Waals surface area contributed by atoms with Gasteiger partial charge in [0.2, 0.25) is 0 Å². The molecule has 1 saturated heterocycles. The Morgan fingerprint density at radius 3 is 2.25 bits per heavy atom. The van der Waals surface area contributed by atoms with Crippen molar-refractivity contribution in [2.75, 3.05) is 32.7 Å². The molecule has 0 unspecified atom stereocenters. The molecule has 0 aromatic carbocycles. The summed E-state index contributed by atoms with van der Waals surface area (Å²) in [7, 11) is 0. The number of aliphatic carboxylic acids is 1. The van der Waals surface area contributed by atoms with E-state index < -0.39 is 11.5 Å². The molecule has 0 spiro atoms. The van der Waals surface area contributed by atoms with Gasteiger partial charge in [-0.15, -0.1) is 0 Å². The Morgan fingerprint density at radius 2 is 1.75 bits per heavy atom. The molecule has 0 aromatic heterocycles. The highest BCUT2D eigenvalue weighted by atomic mass is 16.4. The predicted octanol–water partition coefficient (Wildman–Crippen LogP) is 1.12. The molecule has 6 nitrogen and oxygen atoms in total. The lowest BCUT2D eigenvalue weighted by Crippen LogP contribution is -2.59. The molecular weight excluding hydrogens is 258 g/mol. The van der Waals surface area contributed by atoms with Crippen molar-refractivity contribution in [1.82, 2.24) is 15.1 Å². The minimum Gasteiger partial charge on any atom is -0.480 e. The molecule has 1 aliphatic carbocycles. The van der Waals surface area contributed by atoms with Gasteiger partial charge < -0.3 is 15.3 Å². The van der Waals surface area contributed by atoms with Crippen LogP contribution in [0.1, 0.15) is 39.0 Å². The monoisotopic (exact) mass is 283 g/mol. The number of hydrogen-bond acceptors (Lipinski definition) is 3. The van der Waals surface area contributed by atoms with Gasteiger partial charge in [0, 0.05) is 26.2 Å². The highest BCUT2D eigenvalue weighted by Gasteiger charge is 2.43. The quantitative estimate of drug-likeness (QED) is 0.811. The SMILES string of the molecule is CCCN1CCN(C(=O)NC2(C(=O)O)CCCC2)CC1. The standard InChI is InChI=1S/C14H25N3O3/c1-2-7-16-8-10-17(11-9-16)13(20)15-14(12(18)19)5-3-4-6-14/h2-11H2,1H3,(H,15,20)(H,18,19). The molecule has 2 fully saturated rings. The van der Waals surface area contributed by atoms with Crippen LogP contribution in [0.5, 0.6) is 0 Å². The van der Waals surface area contributed by atoms with E-state index in [1.165, 1.54) is 0 Å². The normalized spacial score (nSPS) is 22.8. The molecule has 1 saturated carbocycles. The topological polar surface area (TPSA) is 72.9 Å². The lowest BCUT2D eigenvalue weighted by atomic mass is 9.98. The van der Waals surface area contributed by atoms with Gasteiger partial charge in [0.15, 0.2) is 0 Å². The maximum atomic E-state index is 12.3. The van der Waals surface area contributed by atoms with Crippen LogP contribution in [0.25, 0.3) is 0 Å². The molecule has 0 bridgehead atoms. The lowest BCUT2D eigenvalue weighted by Gasteiger charge is -2.36. The fraction of sp³-hybridized carbons (Fsp3) is 0.857. The van der Waals surface area contributed by atoms with Gasteiger partial charge in [-0.3, -0.25) is 4.90 Å². The number of carbonyl (C=O) groups excluding carboxylic acids is 1. The third-order valence-corrected chi connectivity index (χ3v) is 4.41. The van der Waals surface area contributed by atoms with Crippen LogP contribution in [0.4, 0.5) is 4.79 Å². The first-order valence-corrected chi connectivity index (χ1v) is 7.60. The molecule has 2 N–H and O–H groups in total. The summed E-state index contributed by atoms with van der Waals surface area (Å²) < 4.78 is 0. The average Bonchev–Trinajstić information content (AvgIpc) is 2.90. The number of nitrogens with zero attached hydrogens (tertiary/aromatic N) is 2. The number of carboxylic acids is 1. The zero-order chi connectivity index (χ0) is 14.6. The second-order valence-corrected chi connectivity index (χ2v) is 5.85. The zero-order valence-corrected chi connectivity index (χ0v) is 12.2. The van der Waals surface area contributed by atoms with Crippen LogP contribution in [-0.4, -0.2) is 65.2 Å². The molecule has 1 aliphatic heterocycles. The van der Waals surface area contributed by atoms with Crippen molar-refractivity contribution in [3.63, 3.8) is 0 Å². The highest BCUT2D eigenvalue weighted by molar-refractivity contribution is 5.86. The van der Waals surface area contributed by atoms with Crippen molar-refractivity contribution in [2.24, 2.45) is 0 Å². The highest BCUT2D eigenvalue weighted by Crippen LogP contribution is 2.30. The van der Waals surface area contributed by atoms with Crippen LogP contribution in [-0.2, 0) is 4.79 Å². The molecular formula is C14H25N3O3. The third kappa shape index (κ3) is 3.23. The molecule has 2 aliphatic rings. The second-order valence-electron chi connectivity index (χ2n) is 5.85. The summed E-state index contributed by atoms with van der Waals surface area (Å²) in [6.07, 6.45) is 3.95. The Hall–Kier alpha value is -1.30. The van der Waals surface area contributed by atoms with Gasteiger partial charge in [0.1, 0.15) is 5.54 Å². The summed E-state index contributed by atoms with van der Waals surface area (Å²) in [6.45, 7) is 6.33. The number of rotatable bonds is 4. The average molecular weight is 283 g/mol. The number of nitrogens with one attached hydrogen (secondary N) is 1. The molecule has 0 aromatic rings. The Labute approximate surface area is 120 Å². The van der Waals surface area contributed by atoms with Crippen molar-refractivity contribution < 1.29 is 14.7 Å². The van der Waals surface area contributed by atoms with Crippen LogP contribution in [0.3, 0.4) is 0 Å². The first kappa shape index (κ1) is 15.1. The number of carboxylic acid groups (broad SMARTS) is 1. The van der Waals surface area contributed by atoms with E-state index >= 15 is 0 Å². The van der Waals surface area contributed by atoms with Gasteiger partial charge in [-0.05, 0) is 25.8 Å². The van der Waals surface area contributed by atoms with Gasteiger partial charge in [-0.1, -0.05) is 19.8 Å². The van der Waals surface area contributed by atoms with E-state index in [0.29, 0.717) is 25.9 Å². The van der Waals surface area contributed by atoms with Gasteiger partial charge in [-0.25, -0.2) is 9.59 Å². The Balaban J connectivity index is 1.87. The van der Waals surface area contributed by atoms with E-state index in [4.69, 9.17) is 0 Å². The van der Waals surface area contributed by atoms with E-state index in [1.54, 1.807) is 4.90 Å². The number of carbonyl (C=O) groups is 2. The first-order chi connectivity index (χ1) is 9.57. The molecule has 2 amide bonds. The van der Waals surface area contributed by atoms with E-state index in [1.807, 2.05) is 0 Å². The molecule has 20 heavy (non-hydrogen) atoms. The van der Waals surface area contributed by atoms with Crippen LogP contribution in [0.2, 0.25) is 0 Å². The van der Waals surface area contributed by atoms with E-state index in [9.17, 15) is 14.7 Å². The zero-order valence-electron chi connectivity index (χ0n) is 12.2. The maximum absolute atomic E-state index is 12.3. The smallest absolute Gasteiger partial charge is 0.329 e. The van der Waals surface area contributed by atoms with Gasteiger partial charge in [-0.2, -0.15) is 0 Å². The van der Waals surface area contributed by atoms with Crippen LogP contribution >= 0.6 is 0 Å². The predicted molar refractivity (Wildman–Crippen MR) is 75.7 cm³/mol. The number of hydrogen-bond donors (Lipinski definition) is 2. The largest absolute Gasteiger partial charge is 0.480 e. The summed E-state index contributed by atoms with van der Waals surface area (Å²) in [5.74, 6) is -0.895. The van der Waals surface area contributed by atoms with E-state index in [-0.39, 0.29) is 6.03 Å². The van der Waals surface area contributed by atoms with Gasteiger partial charge in [0.05, 0.1) is 0 Å². The molecule has 0 atom stereocenters. The number of urea groups is 1. The maximum Gasteiger partial charge on any atom is 0.329 e. The molecule has 0 radical (unpaired) electrons. The summed E-state index contributed by atoms with van der Waals surface area (Å²) in [5, 5.41) is 12.2. The summed E-state index contributed by atoms with van der Waals surface area (Å²) >= 11 is 0. The fourth-order valence-electron chi connectivity index (χ4n) is 3.15. The Morgan fingerprint density at radius 1 is 1.15 bits per heavy atom. The summed E-state index contributed by atoms with van der Waals surface area (Å²) in [6, 6.07) is -0.217. The van der Waals surface area contributed by atoms with E-state index in [0.717, 1.165) is 38.9 Å². The van der Waals surface area contributed by atoms with Crippen molar-refractivity contribution >= 4 is 12.0 Å². The fourth-order valence-corrected chi connectivity index (χ4v) is 3.15. The van der Waals surface area contributed by atoms with Gasteiger partial charge >= 0.3 is 12.0 Å². The van der Waals surface area contributed by atoms with Crippen LogP contribution < -0.4 is 5.32 Å². The third-order valence-electron chi connectivity index (χ3n) is 4.41. The molecule has 2 rings (SSSR count). The Kier molecular flexibility index (Phi) is 4.86. The summed E-state index contributed by atoms with van der Waals surface area (Å²) in [4.78, 5) is 27.8. The van der Waals surface area contributed by atoms with Crippen molar-refractivity contribution in [2.45, 2.75) is 44.6 Å². The van der Waals surface area contributed by atoms with Crippen LogP contribution in [0, 0.1) is 0 Å². The first-order valence-electron chi connectivity index (χ1n) is 7.60.